The van der Waals surface area contributed by atoms with Gasteiger partial charge in [-0.2, -0.15) is 0 Å². The van der Waals surface area contributed by atoms with Crippen LogP contribution in [0, 0.1) is 0 Å². The summed E-state index contributed by atoms with van der Waals surface area (Å²) in [4.78, 5) is 37.7. The number of amides is 4. The van der Waals surface area contributed by atoms with Crippen LogP contribution < -0.4 is 16.4 Å². The molecule has 0 radical (unpaired) electrons. The van der Waals surface area contributed by atoms with E-state index >= 15 is 0 Å². The van der Waals surface area contributed by atoms with E-state index in [1.54, 1.807) is 4.90 Å². The van der Waals surface area contributed by atoms with E-state index in [9.17, 15) is 14.4 Å². The number of nitrogens with zero attached hydrogens (tertiary/aromatic N) is 1. The molecule has 0 aliphatic heterocycles. The maximum absolute atomic E-state index is 12.7. The van der Waals surface area contributed by atoms with Crippen molar-refractivity contribution in [3.05, 3.63) is 35.9 Å². The first-order valence-electron chi connectivity index (χ1n) is 9.92. The van der Waals surface area contributed by atoms with Gasteiger partial charge in [-0.15, -0.1) is 0 Å². The lowest BCUT2D eigenvalue weighted by Crippen LogP contribution is -2.84. The van der Waals surface area contributed by atoms with Gasteiger partial charge in [0, 0.05) is 6.54 Å². The molecule has 0 heterocycles. The zero-order valence-electron chi connectivity index (χ0n) is 17.3. The first-order chi connectivity index (χ1) is 13.5. The van der Waals surface area contributed by atoms with E-state index in [0.717, 1.165) is 5.56 Å². The Morgan fingerprint density at radius 2 is 1.76 bits per heavy atom. The van der Waals surface area contributed by atoms with Gasteiger partial charge in [-0.25, -0.2) is 9.59 Å². The summed E-state index contributed by atoms with van der Waals surface area (Å²) in [6, 6.07) is 9.63. The number of carbonyl (C=O) groups excluding carboxylic acids is 3. The van der Waals surface area contributed by atoms with Crippen LogP contribution in [0.2, 0.25) is 0 Å². The Bertz CT molecular complexity index is 768. The normalized spacial score (nSPS) is 24.5. The molecule has 2 bridgehead atoms. The molecule has 29 heavy (non-hydrogen) atoms. The van der Waals surface area contributed by atoms with E-state index in [0.29, 0.717) is 32.2 Å². The lowest BCUT2D eigenvalue weighted by atomic mass is 9.43. The molecule has 158 valence electrons. The summed E-state index contributed by atoms with van der Waals surface area (Å²) in [5, 5.41) is 5.57. The molecule has 3 aliphatic carbocycles. The van der Waals surface area contributed by atoms with Crippen LogP contribution in [-0.4, -0.2) is 52.7 Å². The fraction of sp³-hybridized carbons (Fsp3) is 0.571. The third-order valence-corrected chi connectivity index (χ3v) is 5.47. The van der Waals surface area contributed by atoms with Crippen LogP contribution >= 0.6 is 0 Å². The van der Waals surface area contributed by atoms with Crippen LogP contribution in [-0.2, 0) is 16.0 Å². The zero-order chi connectivity index (χ0) is 21.3. The molecule has 0 spiro atoms. The second kappa shape index (κ2) is 7.57. The fourth-order valence-corrected chi connectivity index (χ4v) is 4.37. The molecular weight excluding hydrogens is 372 g/mol. The third-order valence-electron chi connectivity index (χ3n) is 5.47. The summed E-state index contributed by atoms with van der Waals surface area (Å²) < 4.78 is 5.35. The molecule has 3 aliphatic rings. The predicted molar refractivity (Wildman–Crippen MR) is 108 cm³/mol. The molecule has 8 heteroatoms. The number of rotatable bonds is 7. The Hall–Kier alpha value is -2.77. The molecule has 0 saturated heterocycles. The van der Waals surface area contributed by atoms with Crippen molar-refractivity contribution in [3.63, 3.8) is 0 Å². The third kappa shape index (κ3) is 4.81. The predicted octanol–water partition coefficient (Wildman–Crippen LogP) is 1.93. The summed E-state index contributed by atoms with van der Waals surface area (Å²) >= 11 is 0. The van der Waals surface area contributed by atoms with Crippen molar-refractivity contribution < 1.29 is 19.1 Å². The van der Waals surface area contributed by atoms with E-state index < -0.39 is 17.6 Å². The maximum atomic E-state index is 12.7. The van der Waals surface area contributed by atoms with E-state index in [1.165, 1.54) is 0 Å². The van der Waals surface area contributed by atoms with Crippen LogP contribution in [0.4, 0.5) is 9.59 Å². The number of hydrogen-bond donors (Lipinski definition) is 3. The summed E-state index contributed by atoms with van der Waals surface area (Å²) in [5.41, 5.74) is 5.13. The summed E-state index contributed by atoms with van der Waals surface area (Å²) in [6.45, 7) is 5.80. The van der Waals surface area contributed by atoms with Crippen molar-refractivity contribution in [2.24, 2.45) is 5.73 Å². The van der Waals surface area contributed by atoms with Crippen LogP contribution in [0.15, 0.2) is 30.3 Å². The Balaban J connectivity index is 1.61. The zero-order valence-corrected chi connectivity index (χ0v) is 17.3. The molecule has 0 atom stereocenters. The van der Waals surface area contributed by atoms with Gasteiger partial charge in [0.05, 0.1) is 17.6 Å². The largest absolute Gasteiger partial charge is 0.444 e. The van der Waals surface area contributed by atoms with Gasteiger partial charge < -0.3 is 26.0 Å². The summed E-state index contributed by atoms with van der Waals surface area (Å²) in [5.74, 6) is -0.581. The minimum Gasteiger partial charge on any atom is -0.444 e. The summed E-state index contributed by atoms with van der Waals surface area (Å²) in [7, 11) is 0. The van der Waals surface area contributed by atoms with Crippen LogP contribution in [0.5, 0.6) is 0 Å². The highest BCUT2D eigenvalue weighted by atomic mass is 16.6. The molecule has 4 rings (SSSR count). The molecule has 3 saturated carbocycles. The van der Waals surface area contributed by atoms with Gasteiger partial charge in [-0.1, -0.05) is 30.3 Å². The fourth-order valence-electron chi connectivity index (χ4n) is 4.37. The van der Waals surface area contributed by atoms with Crippen molar-refractivity contribution in [1.82, 2.24) is 15.5 Å². The van der Waals surface area contributed by atoms with E-state index in [4.69, 9.17) is 10.5 Å². The van der Waals surface area contributed by atoms with Gasteiger partial charge in [0.15, 0.2) is 0 Å². The number of nitrogens with two attached hydrogens (primary N) is 1. The highest BCUT2D eigenvalue weighted by Crippen LogP contribution is 2.63. The van der Waals surface area contributed by atoms with Crippen molar-refractivity contribution >= 4 is 18.0 Å². The number of benzene rings is 1. The van der Waals surface area contributed by atoms with Gasteiger partial charge in [-0.3, -0.25) is 4.79 Å². The lowest BCUT2D eigenvalue weighted by molar-refractivity contribution is -0.157. The van der Waals surface area contributed by atoms with Crippen molar-refractivity contribution in [2.45, 2.75) is 63.1 Å². The minimum absolute atomic E-state index is 0.196. The second-order valence-electron chi connectivity index (χ2n) is 9.17. The minimum atomic E-state index is -0.581. The van der Waals surface area contributed by atoms with Gasteiger partial charge in [0.2, 0.25) is 5.91 Å². The Morgan fingerprint density at radius 1 is 1.14 bits per heavy atom. The molecule has 4 amide bonds. The average Bonchev–Trinajstić information content (AvgIpc) is 2.55. The van der Waals surface area contributed by atoms with E-state index in [2.05, 4.69) is 10.6 Å². The Morgan fingerprint density at radius 3 is 2.31 bits per heavy atom. The molecule has 1 aromatic carbocycles. The number of primary amides is 1. The topological polar surface area (TPSA) is 114 Å². The van der Waals surface area contributed by atoms with Crippen LogP contribution in [0.25, 0.3) is 0 Å². The summed E-state index contributed by atoms with van der Waals surface area (Å²) in [6.07, 6.45) is 2.31. The van der Waals surface area contributed by atoms with E-state index in [-0.39, 0.29) is 23.7 Å². The first-order valence-corrected chi connectivity index (χ1v) is 9.92. The average molecular weight is 402 g/mol. The smallest absolute Gasteiger partial charge is 0.408 e. The quantitative estimate of drug-likeness (QED) is 0.646. The lowest BCUT2D eigenvalue weighted by Gasteiger charge is -2.73. The molecular formula is C21H30N4O4. The van der Waals surface area contributed by atoms with Crippen LogP contribution in [0.1, 0.15) is 45.6 Å². The highest BCUT2D eigenvalue weighted by molar-refractivity contribution is 5.83. The number of hydrogen-bond acceptors (Lipinski definition) is 4. The first kappa shape index (κ1) is 21.0. The standard InChI is InChI=1S/C21H30N4O4/c1-19(2,3)29-18(28)24-20-12-21(13-20,14-20)25(17(27)23-11-16(22)26)10-9-15-7-5-4-6-8-15/h4-8H,9-14H2,1-3H3,(H2,22,26)(H,23,27)(H,24,28). The molecule has 8 nitrogen and oxygen atoms in total. The molecule has 0 unspecified atom stereocenters. The van der Waals surface area contributed by atoms with Crippen molar-refractivity contribution in [3.8, 4) is 0 Å². The van der Waals surface area contributed by atoms with Gasteiger partial charge >= 0.3 is 12.1 Å². The van der Waals surface area contributed by atoms with Crippen molar-refractivity contribution in [2.75, 3.05) is 13.1 Å². The highest BCUT2D eigenvalue weighted by Gasteiger charge is 2.72. The van der Waals surface area contributed by atoms with E-state index in [1.807, 2.05) is 51.1 Å². The SMILES string of the molecule is CC(C)(C)OC(=O)NC12CC(N(CCc3ccccc3)C(=O)NCC(N)=O)(C1)C2. The van der Waals surface area contributed by atoms with Crippen LogP contribution in [0.3, 0.4) is 0 Å². The number of ether oxygens (including phenoxy) is 1. The maximum Gasteiger partial charge on any atom is 0.408 e. The van der Waals surface area contributed by atoms with Crippen molar-refractivity contribution in [1.29, 1.82) is 0 Å². The second-order valence-corrected chi connectivity index (χ2v) is 9.17. The number of urea groups is 1. The molecule has 4 N–H and O–H groups in total. The molecule has 0 aromatic heterocycles. The number of alkyl carbamates (subject to hydrolysis) is 1. The molecule has 3 fully saturated rings. The Labute approximate surface area is 171 Å². The number of nitrogens with one attached hydrogen (secondary N) is 2. The monoisotopic (exact) mass is 402 g/mol. The Kier molecular flexibility index (Phi) is 5.47. The van der Waals surface area contributed by atoms with Gasteiger partial charge in [-0.05, 0) is 52.0 Å². The van der Waals surface area contributed by atoms with Gasteiger partial charge in [0.25, 0.3) is 0 Å². The molecule has 1 aromatic rings. The van der Waals surface area contributed by atoms with Gasteiger partial charge in [0.1, 0.15) is 5.60 Å². The number of carbonyl (C=O) groups is 3.